The van der Waals surface area contributed by atoms with Crippen molar-refractivity contribution in [2.24, 2.45) is 0 Å². The Balaban J connectivity index is 1.65. The molecule has 0 bridgehead atoms. The quantitative estimate of drug-likeness (QED) is 0.109. The highest BCUT2D eigenvalue weighted by atomic mass is 32.2. The minimum absolute atomic E-state index is 0.0920. The third kappa shape index (κ3) is 5.33. The maximum Gasteiger partial charge on any atom is 0.269 e. The average Bonchev–Trinajstić information content (AvgIpc) is 3.14. The number of aryl methyl sites for hydroxylation is 1. The lowest BCUT2D eigenvalue weighted by Crippen LogP contribution is -2.59. The van der Waals surface area contributed by atoms with Crippen LogP contribution in [0.4, 0.5) is 11.4 Å². The van der Waals surface area contributed by atoms with Crippen LogP contribution in [0, 0.1) is 17.0 Å². The summed E-state index contributed by atoms with van der Waals surface area (Å²) in [6.45, 7) is 1.78. The van der Waals surface area contributed by atoms with Gasteiger partial charge in [-0.05, 0) is 67.1 Å². The lowest BCUT2D eigenvalue weighted by atomic mass is 9.80. The largest absolute Gasteiger partial charge is 0.376 e. The van der Waals surface area contributed by atoms with Crippen LogP contribution in [0.15, 0.2) is 169 Å². The summed E-state index contributed by atoms with van der Waals surface area (Å²) in [5.74, 6) is 0. The standard InChI is InChI=1S/C40H34N2O5PS/c1-30-22-25-36(26-23-30)49(46,47)41-29-39(40(43,31-14-6-2-7-15-31)37-28-32(42(44)45)24-27-38(37)41)48(33-16-8-3-9-17-33,34-18-10-4-11-19-34)35-20-12-5-13-21-35/h2-28,39,43H,29H2,1H3/q+1. The number of anilines is 1. The first-order chi connectivity index (χ1) is 23.7. The van der Waals surface area contributed by atoms with E-state index in [0.717, 1.165) is 21.5 Å². The van der Waals surface area contributed by atoms with E-state index in [9.17, 15) is 23.6 Å². The summed E-state index contributed by atoms with van der Waals surface area (Å²) in [5, 5.41) is 28.9. The number of fused-ring (bicyclic) bond motifs is 1. The van der Waals surface area contributed by atoms with Gasteiger partial charge in [-0.15, -0.1) is 0 Å². The Kier molecular flexibility index (Phi) is 8.41. The van der Waals surface area contributed by atoms with Crippen molar-refractivity contribution in [3.63, 3.8) is 0 Å². The fourth-order valence-electron chi connectivity index (χ4n) is 7.21. The second kappa shape index (κ2) is 12.7. The van der Waals surface area contributed by atoms with Crippen LogP contribution in [0.1, 0.15) is 16.7 Å². The highest BCUT2D eigenvalue weighted by molar-refractivity contribution is 7.96. The van der Waals surface area contributed by atoms with Crippen LogP contribution in [0.25, 0.3) is 0 Å². The molecule has 9 heteroatoms. The SMILES string of the molecule is Cc1ccc(S(=O)(=O)N2CC([P+](c3ccccc3)(c3ccccc3)c3ccccc3)C(O)(c3ccccc3)c3cc([N+](=O)[O-])ccc32)cc1. The van der Waals surface area contributed by atoms with Crippen molar-refractivity contribution in [1.29, 1.82) is 0 Å². The molecule has 0 amide bonds. The lowest BCUT2D eigenvalue weighted by molar-refractivity contribution is -0.385. The van der Waals surface area contributed by atoms with Crippen molar-refractivity contribution in [2.45, 2.75) is 23.1 Å². The number of hydrogen-bond acceptors (Lipinski definition) is 5. The Bertz CT molecular complexity index is 2120. The normalized spacial score (nSPS) is 17.7. The number of aliphatic hydroxyl groups is 1. The molecule has 1 heterocycles. The molecule has 6 aromatic rings. The van der Waals surface area contributed by atoms with Crippen molar-refractivity contribution in [3.05, 3.63) is 191 Å². The van der Waals surface area contributed by atoms with Gasteiger partial charge in [-0.3, -0.25) is 14.4 Å². The molecule has 49 heavy (non-hydrogen) atoms. The number of nitro benzene ring substituents is 1. The van der Waals surface area contributed by atoms with Crippen LogP contribution in [0.5, 0.6) is 0 Å². The minimum atomic E-state index is -4.23. The molecule has 0 saturated carbocycles. The third-order valence-electron chi connectivity index (χ3n) is 9.47. The van der Waals surface area contributed by atoms with E-state index < -0.39 is 33.5 Å². The Labute approximate surface area is 286 Å². The average molecular weight is 686 g/mol. The van der Waals surface area contributed by atoms with Gasteiger partial charge in [0.2, 0.25) is 0 Å². The molecular weight excluding hydrogens is 651 g/mol. The van der Waals surface area contributed by atoms with E-state index in [1.54, 1.807) is 24.3 Å². The molecular formula is C40H34N2O5PS+. The molecule has 0 aromatic heterocycles. The zero-order chi connectivity index (χ0) is 34.2. The van der Waals surface area contributed by atoms with Gasteiger partial charge in [-0.2, -0.15) is 0 Å². The summed E-state index contributed by atoms with van der Waals surface area (Å²) in [6, 6.07) is 49.7. The molecule has 2 atom stereocenters. The topological polar surface area (TPSA) is 101 Å². The second-order valence-corrected chi connectivity index (χ2v) is 17.7. The first kappa shape index (κ1) is 32.4. The molecule has 7 nitrogen and oxygen atoms in total. The van der Waals surface area contributed by atoms with E-state index in [1.807, 2.05) is 128 Å². The van der Waals surface area contributed by atoms with E-state index in [2.05, 4.69) is 0 Å². The third-order valence-corrected chi connectivity index (χ3v) is 16.1. The summed E-state index contributed by atoms with van der Waals surface area (Å²) in [4.78, 5) is 11.9. The maximum atomic E-state index is 14.8. The molecule has 1 aliphatic rings. The summed E-state index contributed by atoms with van der Waals surface area (Å²) in [7, 11) is -7.27. The molecule has 0 saturated heterocycles. The Morgan fingerprint density at radius 1 is 0.714 bits per heavy atom. The first-order valence-electron chi connectivity index (χ1n) is 15.9. The van der Waals surface area contributed by atoms with Gasteiger partial charge in [-0.25, -0.2) is 8.42 Å². The molecule has 6 aromatic carbocycles. The number of hydrogen-bond donors (Lipinski definition) is 1. The molecule has 2 unspecified atom stereocenters. The smallest absolute Gasteiger partial charge is 0.269 e. The number of non-ortho nitro benzene ring substituents is 1. The van der Waals surface area contributed by atoms with Crippen LogP contribution in [-0.2, 0) is 15.6 Å². The predicted molar refractivity (Wildman–Crippen MR) is 197 cm³/mol. The van der Waals surface area contributed by atoms with Gasteiger partial charge in [0.15, 0.2) is 5.60 Å². The number of sulfonamides is 1. The number of rotatable bonds is 8. The molecule has 1 N–H and O–H groups in total. The number of nitro groups is 1. The Morgan fingerprint density at radius 2 is 1.18 bits per heavy atom. The van der Waals surface area contributed by atoms with Gasteiger partial charge < -0.3 is 5.11 Å². The monoisotopic (exact) mass is 685 g/mol. The van der Waals surface area contributed by atoms with E-state index in [-0.39, 0.29) is 28.4 Å². The zero-order valence-electron chi connectivity index (χ0n) is 26.7. The molecule has 0 aliphatic carbocycles. The molecule has 7 rings (SSSR count). The number of nitrogens with zero attached hydrogens (tertiary/aromatic N) is 2. The van der Waals surface area contributed by atoms with Crippen LogP contribution in [0.2, 0.25) is 0 Å². The van der Waals surface area contributed by atoms with Crippen LogP contribution in [-0.4, -0.2) is 30.7 Å². The van der Waals surface area contributed by atoms with Gasteiger partial charge in [0.25, 0.3) is 15.7 Å². The fourth-order valence-corrected chi connectivity index (χ4v) is 14.0. The van der Waals surface area contributed by atoms with Crippen molar-refractivity contribution >= 4 is 44.6 Å². The van der Waals surface area contributed by atoms with Gasteiger partial charge >= 0.3 is 0 Å². The predicted octanol–water partition coefficient (Wildman–Crippen LogP) is 6.71. The van der Waals surface area contributed by atoms with Crippen LogP contribution < -0.4 is 20.2 Å². The summed E-state index contributed by atoms with van der Waals surface area (Å²) in [5.41, 5.74) is -1.19. The van der Waals surface area contributed by atoms with E-state index in [1.165, 1.54) is 22.5 Å². The second-order valence-electron chi connectivity index (χ2n) is 12.2. The van der Waals surface area contributed by atoms with E-state index in [0.29, 0.717) is 5.56 Å². The Morgan fingerprint density at radius 3 is 1.65 bits per heavy atom. The van der Waals surface area contributed by atoms with Gasteiger partial charge in [0.05, 0.1) is 22.1 Å². The van der Waals surface area contributed by atoms with Crippen LogP contribution in [0.3, 0.4) is 0 Å². The molecule has 244 valence electrons. The summed E-state index contributed by atoms with van der Waals surface area (Å²) < 4.78 is 31.0. The molecule has 0 spiro atoms. The first-order valence-corrected chi connectivity index (χ1v) is 19.2. The van der Waals surface area contributed by atoms with Crippen molar-refractivity contribution in [3.8, 4) is 0 Å². The summed E-state index contributed by atoms with van der Waals surface area (Å²) >= 11 is 0. The van der Waals surface area contributed by atoms with Crippen molar-refractivity contribution in [2.75, 3.05) is 10.8 Å². The molecule has 0 fully saturated rings. The molecule has 0 radical (unpaired) electrons. The number of benzene rings is 6. The molecule has 1 aliphatic heterocycles. The van der Waals surface area contributed by atoms with E-state index in [4.69, 9.17) is 0 Å². The highest BCUT2D eigenvalue weighted by Gasteiger charge is 2.65. The summed E-state index contributed by atoms with van der Waals surface area (Å²) in [6.07, 6.45) is 0. The maximum absolute atomic E-state index is 14.8. The van der Waals surface area contributed by atoms with E-state index >= 15 is 0 Å². The Hall–Kier alpha value is -5.14. The van der Waals surface area contributed by atoms with Gasteiger partial charge in [0.1, 0.15) is 28.8 Å². The highest BCUT2D eigenvalue weighted by Crippen LogP contribution is 2.67. The lowest BCUT2D eigenvalue weighted by Gasteiger charge is -2.49. The minimum Gasteiger partial charge on any atom is -0.376 e. The van der Waals surface area contributed by atoms with Crippen molar-refractivity contribution < 1.29 is 18.4 Å². The zero-order valence-corrected chi connectivity index (χ0v) is 28.4. The van der Waals surface area contributed by atoms with Crippen LogP contribution >= 0.6 is 7.26 Å². The van der Waals surface area contributed by atoms with Gasteiger partial charge in [0, 0.05) is 17.7 Å². The fraction of sp³-hybridized carbons (Fsp3) is 0.100. The van der Waals surface area contributed by atoms with Gasteiger partial charge in [-0.1, -0.05) is 103 Å². The van der Waals surface area contributed by atoms with Crippen molar-refractivity contribution in [1.82, 2.24) is 0 Å².